The van der Waals surface area contributed by atoms with Gasteiger partial charge in [0.2, 0.25) is 15.9 Å². The molecule has 1 aromatic rings. The van der Waals surface area contributed by atoms with Gasteiger partial charge in [0, 0.05) is 24.1 Å². The van der Waals surface area contributed by atoms with Crippen LogP contribution in [-0.2, 0) is 21.4 Å². The fourth-order valence-corrected chi connectivity index (χ4v) is 6.57. The van der Waals surface area contributed by atoms with Crippen molar-refractivity contribution in [2.45, 2.75) is 44.3 Å². The number of thioether (sulfide) groups is 1. The molecule has 5 nitrogen and oxygen atoms in total. The molecule has 1 unspecified atom stereocenters. The summed E-state index contributed by atoms with van der Waals surface area (Å²) in [6.07, 6.45) is 4.11. The van der Waals surface area contributed by atoms with Crippen molar-refractivity contribution in [1.82, 2.24) is 9.62 Å². The molecule has 2 fully saturated rings. The van der Waals surface area contributed by atoms with Crippen LogP contribution in [0.2, 0.25) is 0 Å². The molecular formula is C17H23FN2O3S2. The first kappa shape index (κ1) is 18.7. The van der Waals surface area contributed by atoms with Crippen molar-refractivity contribution >= 4 is 27.7 Å². The first-order chi connectivity index (χ1) is 12.0. The van der Waals surface area contributed by atoms with Crippen molar-refractivity contribution in [3.05, 3.63) is 35.6 Å². The number of nitrogens with zero attached hydrogens (tertiary/aromatic N) is 1. The van der Waals surface area contributed by atoms with Gasteiger partial charge in [0.25, 0.3) is 0 Å². The Balaban J connectivity index is 1.81. The summed E-state index contributed by atoms with van der Waals surface area (Å²) in [5, 5.41) is 3.02. The maximum atomic E-state index is 13.1. The number of sulfonamides is 1. The third kappa shape index (κ3) is 4.74. The lowest BCUT2D eigenvalue weighted by Gasteiger charge is -2.28. The first-order valence-corrected chi connectivity index (χ1v) is 11.3. The lowest BCUT2D eigenvalue weighted by atomic mass is 10.2. The van der Waals surface area contributed by atoms with Gasteiger partial charge in [0.15, 0.2) is 0 Å². The maximum Gasteiger partial charge on any atom is 0.239 e. The second-order valence-corrected chi connectivity index (χ2v) is 9.76. The minimum absolute atomic E-state index is 0.0199. The standard InChI is InChI=1S/C17H23FN2O3S2/c18-14-7-5-13(6-8-14)11-20-16(12-24-9-10-25(20,22)23)17(21)19-15-3-1-2-4-15/h5-8,15-16H,1-4,9-12H2,(H,19,21). The highest BCUT2D eigenvalue weighted by atomic mass is 32.2. The van der Waals surface area contributed by atoms with E-state index in [2.05, 4.69) is 5.32 Å². The van der Waals surface area contributed by atoms with Crippen molar-refractivity contribution in [2.75, 3.05) is 17.3 Å². The highest BCUT2D eigenvalue weighted by Gasteiger charge is 2.37. The summed E-state index contributed by atoms with van der Waals surface area (Å²) in [5.41, 5.74) is 0.676. The molecule has 1 amide bonds. The highest BCUT2D eigenvalue weighted by molar-refractivity contribution is 8.00. The number of nitrogens with one attached hydrogen (secondary N) is 1. The Bertz CT molecular complexity index is 703. The van der Waals surface area contributed by atoms with Crippen LogP contribution in [0.1, 0.15) is 31.2 Å². The number of rotatable bonds is 4. The van der Waals surface area contributed by atoms with Gasteiger partial charge in [-0.2, -0.15) is 16.1 Å². The summed E-state index contributed by atoms with van der Waals surface area (Å²) in [5.74, 6) is 0.362. The fourth-order valence-electron chi connectivity index (χ4n) is 3.31. The summed E-state index contributed by atoms with van der Waals surface area (Å²) in [6.45, 7) is 0.0892. The van der Waals surface area contributed by atoms with Crippen LogP contribution in [0.4, 0.5) is 4.39 Å². The number of carbonyl (C=O) groups excluding carboxylic acids is 1. The quantitative estimate of drug-likeness (QED) is 0.861. The summed E-state index contributed by atoms with van der Waals surface area (Å²) >= 11 is 1.49. The van der Waals surface area contributed by atoms with Crippen molar-refractivity contribution < 1.29 is 17.6 Å². The van der Waals surface area contributed by atoms with Crippen molar-refractivity contribution in [3.63, 3.8) is 0 Å². The van der Waals surface area contributed by atoms with Crippen LogP contribution in [0.5, 0.6) is 0 Å². The van der Waals surface area contributed by atoms with Crippen LogP contribution in [0.3, 0.4) is 0 Å². The van der Waals surface area contributed by atoms with E-state index in [0.717, 1.165) is 25.7 Å². The minimum Gasteiger partial charge on any atom is -0.352 e. The Morgan fingerprint density at radius 1 is 1.24 bits per heavy atom. The maximum absolute atomic E-state index is 13.1. The molecule has 1 aliphatic carbocycles. The Kier molecular flexibility index (Phi) is 6.01. The topological polar surface area (TPSA) is 66.5 Å². The Hall–Kier alpha value is -1.12. The molecule has 138 valence electrons. The zero-order chi connectivity index (χ0) is 17.9. The smallest absolute Gasteiger partial charge is 0.239 e. The zero-order valence-electron chi connectivity index (χ0n) is 14.0. The lowest BCUT2D eigenvalue weighted by Crippen LogP contribution is -2.52. The molecule has 1 N–H and O–H groups in total. The second-order valence-electron chi connectivity index (χ2n) is 6.57. The predicted octanol–water partition coefficient (Wildman–Crippen LogP) is 2.13. The molecule has 3 rings (SSSR count). The molecule has 1 saturated carbocycles. The largest absolute Gasteiger partial charge is 0.352 e. The van der Waals surface area contributed by atoms with E-state index in [0.29, 0.717) is 17.1 Å². The number of carbonyl (C=O) groups is 1. The zero-order valence-corrected chi connectivity index (χ0v) is 15.6. The number of benzene rings is 1. The van der Waals surface area contributed by atoms with E-state index in [1.54, 1.807) is 12.1 Å². The van der Waals surface area contributed by atoms with Gasteiger partial charge < -0.3 is 5.32 Å². The second kappa shape index (κ2) is 8.05. The van der Waals surface area contributed by atoms with E-state index >= 15 is 0 Å². The predicted molar refractivity (Wildman–Crippen MR) is 97.2 cm³/mol. The van der Waals surface area contributed by atoms with Gasteiger partial charge in [0.05, 0.1) is 5.75 Å². The summed E-state index contributed by atoms with van der Waals surface area (Å²) < 4.78 is 39.8. The molecule has 0 aromatic heterocycles. The number of hydrogen-bond acceptors (Lipinski definition) is 4. The van der Waals surface area contributed by atoms with Gasteiger partial charge in [-0.15, -0.1) is 0 Å². The monoisotopic (exact) mass is 386 g/mol. The lowest BCUT2D eigenvalue weighted by molar-refractivity contribution is -0.125. The molecule has 1 heterocycles. The van der Waals surface area contributed by atoms with Gasteiger partial charge in [-0.05, 0) is 30.5 Å². The molecule has 25 heavy (non-hydrogen) atoms. The third-order valence-electron chi connectivity index (χ3n) is 4.72. The van der Waals surface area contributed by atoms with Crippen LogP contribution in [0, 0.1) is 5.82 Å². The average molecular weight is 387 g/mol. The van der Waals surface area contributed by atoms with Gasteiger partial charge in [0.1, 0.15) is 11.9 Å². The van der Waals surface area contributed by atoms with Crippen LogP contribution in [0.25, 0.3) is 0 Å². The van der Waals surface area contributed by atoms with Gasteiger partial charge in [-0.1, -0.05) is 25.0 Å². The third-order valence-corrected chi connectivity index (χ3v) is 7.84. The molecule has 0 radical (unpaired) electrons. The molecular weight excluding hydrogens is 363 g/mol. The Morgan fingerprint density at radius 3 is 2.60 bits per heavy atom. The molecule has 8 heteroatoms. The van der Waals surface area contributed by atoms with E-state index in [-0.39, 0.29) is 30.1 Å². The van der Waals surface area contributed by atoms with E-state index < -0.39 is 16.1 Å². The van der Waals surface area contributed by atoms with Crippen LogP contribution >= 0.6 is 11.8 Å². The number of amides is 1. The highest BCUT2D eigenvalue weighted by Crippen LogP contribution is 2.24. The van der Waals surface area contributed by atoms with E-state index in [4.69, 9.17) is 0 Å². The van der Waals surface area contributed by atoms with Crippen LogP contribution in [0.15, 0.2) is 24.3 Å². The van der Waals surface area contributed by atoms with Crippen LogP contribution < -0.4 is 5.32 Å². The molecule has 1 aromatic carbocycles. The van der Waals surface area contributed by atoms with Gasteiger partial charge in [-0.3, -0.25) is 4.79 Å². The fraction of sp³-hybridized carbons (Fsp3) is 0.588. The van der Waals surface area contributed by atoms with E-state index in [1.807, 2.05) is 0 Å². The average Bonchev–Trinajstić information content (AvgIpc) is 3.02. The summed E-state index contributed by atoms with van der Waals surface area (Å²) in [6, 6.07) is 5.17. The molecule has 0 spiro atoms. The number of halogens is 1. The SMILES string of the molecule is O=C(NC1CCCC1)C1CSCCS(=O)(=O)N1Cc1ccc(F)cc1. The van der Waals surface area contributed by atoms with E-state index in [1.165, 1.54) is 28.2 Å². The van der Waals surface area contributed by atoms with Crippen molar-refractivity contribution in [3.8, 4) is 0 Å². The Morgan fingerprint density at radius 2 is 1.92 bits per heavy atom. The number of hydrogen-bond donors (Lipinski definition) is 1. The van der Waals surface area contributed by atoms with E-state index in [9.17, 15) is 17.6 Å². The first-order valence-electron chi connectivity index (χ1n) is 8.58. The normalized spacial score (nSPS) is 24.8. The van der Waals surface area contributed by atoms with Crippen molar-refractivity contribution in [1.29, 1.82) is 0 Å². The van der Waals surface area contributed by atoms with Gasteiger partial charge >= 0.3 is 0 Å². The van der Waals surface area contributed by atoms with Crippen molar-refractivity contribution in [2.24, 2.45) is 0 Å². The summed E-state index contributed by atoms with van der Waals surface area (Å²) in [4.78, 5) is 12.8. The summed E-state index contributed by atoms with van der Waals surface area (Å²) in [7, 11) is -3.54. The molecule has 1 saturated heterocycles. The molecule has 0 bridgehead atoms. The molecule has 1 aliphatic heterocycles. The minimum atomic E-state index is -3.54. The Labute approximate surface area is 152 Å². The van der Waals surface area contributed by atoms with Crippen LogP contribution in [-0.4, -0.2) is 48.0 Å². The molecule has 1 atom stereocenters. The van der Waals surface area contributed by atoms with Gasteiger partial charge in [-0.25, -0.2) is 12.8 Å². The molecule has 2 aliphatic rings.